The molecule has 1 saturated heterocycles. The molecule has 1 heterocycles. The van der Waals surface area contributed by atoms with Gasteiger partial charge in [-0.05, 0) is 37.5 Å². The summed E-state index contributed by atoms with van der Waals surface area (Å²) in [5, 5.41) is 8.86. The molecule has 1 fully saturated rings. The first kappa shape index (κ1) is 11.9. The van der Waals surface area contributed by atoms with E-state index in [1.807, 2.05) is 24.3 Å². The molecule has 3 heteroatoms. The van der Waals surface area contributed by atoms with Crippen LogP contribution in [0.5, 0.6) is 0 Å². The Balaban J connectivity index is 1.89. The first-order chi connectivity index (χ1) is 8.29. The normalized spacial score (nSPS) is 18.9. The number of anilines is 1. The van der Waals surface area contributed by atoms with Gasteiger partial charge in [0.2, 0.25) is 0 Å². The average molecular weight is 230 g/mol. The van der Waals surface area contributed by atoms with E-state index in [0.717, 1.165) is 25.3 Å². The molecule has 0 aromatic heterocycles. The Bertz CT molecular complexity index is 405. The van der Waals surface area contributed by atoms with E-state index in [-0.39, 0.29) is 0 Å². The van der Waals surface area contributed by atoms with Crippen LogP contribution in [0.25, 0.3) is 0 Å². The van der Waals surface area contributed by atoms with Gasteiger partial charge >= 0.3 is 0 Å². The molecule has 0 saturated carbocycles. The van der Waals surface area contributed by atoms with Crippen molar-refractivity contribution in [3.05, 3.63) is 29.8 Å². The number of hydrogen-bond donors (Lipinski definition) is 0. The molecule has 90 valence electrons. The average Bonchev–Trinajstić information content (AvgIpc) is 2.89. The molecule has 0 bridgehead atoms. The minimum Gasteiger partial charge on any atom is -0.378 e. The Morgan fingerprint density at radius 2 is 2.41 bits per heavy atom. The summed E-state index contributed by atoms with van der Waals surface area (Å²) in [7, 11) is 2.06. The molecule has 0 amide bonds. The van der Waals surface area contributed by atoms with Crippen LogP contribution in [0.3, 0.4) is 0 Å². The van der Waals surface area contributed by atoms with E-state index in [9.17, 15) is 0 Å². The van der Waals surface area contributed by atoms with Crippen LogP contribution in [0.1, 0.15) is 24.8 Å². The van der Waals surface area contributed by atoms with Crippen LogP contribution in [0.2, 0.25) is 0 Å². The molecule has 1 aliphatic rings. The van der Waals surface area contributed by atoms with Crippen molar-refractivity contribution in [1.29, 1.82) is 5.26 Å². The van der Waals surface area contributed by atoms with E-state index in [0.29, 0.717) is 11.7 Å². The van der Waals surface area contributed by atoms with Gasteiger partial charge in [0.15, 0.2) is 0 Å². The topological polar surface area (TPSA) is 36.3 Å². The molecule has 0 radical (unpaired) electrons. The number of ether oxygens (including phenoxy) is 1. The highest BCUT2D eigenvalue weighted by atomic mass is 16.5. The monoisotopic (exact) mass is 230 g/mol. The molecule has 3 nitrogen and oxygen atoms in total. The van der Waals surface area contributed by atoms with Gasteiger partial charge in [0.25, 0.3) is 0 Å². The fourth-order valence-corrected chi connectivity index (χ4v) is 2.15. The van der Waals surface area contributed by atoms with Gasteiger partial charge in [-0.15, -0.1) is 0 Å². The van der Waals surface area contributed by atoms with Crippen molar-refractivity contribution in [3.63, 3.8) is 0 Å². The zero-order valence-corrected chi connectivity index (χ0v) is 10.2. The van der Waals surface area contributed by atoms with Crippen LogP contribution >= 0.6 is 0 Å². The molecule has 1 atom stereocenters. The van der Waals surface area contributed by atoms with E-state index in [1.54, 1.807) is 0 Å². The van der Waals surface area contributed by atoms with E-state index in [4.69, 9.17) is 10.00 Å². The maximum Gasteiger partial charge on any atom is 0.0992 e. The summed E-state index contributed by atoms with van der Waals surface area (Å²) in [6, 6.07) is 9.89. The summed E-state index contributed by atoms with van der Waals surface area (Å²) >= 11 is 0. The lowest BCUT2D eigenvalue weighted by Gasteiger charge is -2.21. The highest BCUT2D eigenvalue weighted by Gasteiger charge is 2.15. The van der Waals surface area contributed by atoms with Crippen molar-refractivity contribution < 1.29 is 4.74 Å². The summed E-state index contributed by atoms with van der Waals surface area (Å²) in [5.41, 5.74) is 1.81. The number of hydrogen-bond acceptors (Lipinski definition) is 3. The number of benzene rings is 1. The summed E-state index contributed by atoms with van der Waals surface area (Å²) in [6.45, 7) is 1.89. The third kappa shape index (κ3) is 3.21. The molecular weight excluding hydrogens is 212 g/mol. The predicted molar refractivity (Wildman–Crippen MR) is 68.0 cm³/mol. The van der Waals surface area contributed by atoms with Gasteiger partial charge < -0.3 is 9.64 Å². The fraction of sp³-hybridized carbons (Fsp3) is 0.500. The first-order valence-corrected chi connectivity index (χ1v) is 6.12. The molecule has 17 heavy (non-hydrogen) atoms. The Morgan fingerprint density at radius 3 is 3.12 bits per heavy atom. The molecule has 2 rings (SSSR count). The zero-order valence-electron chi connectivity index (χ0n) is 10.2. The molecule has 0 spiro atoms. The van der Waals surface area contributed by atoms with Crippen molar-refractivity contribution in [2.75, 3.05) is 25.1 Å². The van der Waals surface area contributed by atoms with E-state index in [2.05, 4.69) is 18.0 Å². The lowest BCUT2D eigenvalue weighted by molar-refractivity contribution is 0.106. The van der Waals surface area contributed by atoms with Gasteiger partial charge in [0.1, 0.15) is 0 Å². The fourth-order valence-electron chi connectivity index (χ4n) is 2.15. The van der Waals surface area contributed by atoms with Gasteiger partial charge in [-0.25, -0.2) is 0 Å². The van der Waals surface area contributed by atoms with Crippen molar-refractivity contribution >= 4 is 5.69 Å². The van der Waals surface area contributed by atoms with Gasteiger partial charge in [-0.1, -0.05) is 6.07 Å². The van der Waals surface area contributed by atoms with Crippen molar-refractivity contribution in [3.8, 4) is 6.07 Å². The maximum absolute atomic E-state index is 8.86. The van der Waals surface area contributed by atoms with Gasteiger partial charge in [-0.2, -0.15) is 5.26 Å². The van der Waals surface area contributed by atoms with Crippen LogP contribution in [0, 0.1) is 11.3 Å². The second-order valence-corrected chi connectivity index (χ2v) is 4.51. The van der Waals surface area contributed by atoms with Crippen LogP contribution in [-0.4, -0.2) is 26.3 Å². The van der Waals surface area contributed by atoms with Crippen molar-refractivity contribution in [2.45, 2.75) is 25.4 Å². The standard InChI is InChI=1S/C14H18N2O/c1-16(8-7-14-6-3-9-17-14)13-5-2-4-12(10-13)11-15/h2,4-5,10,14H,3,6-9H2,1H3. The lowest BCUT2D eigenvalue weighted by Crippen LogP contribution is -2.22. The van der Waals surface area contributed by atoms with Gasteiger partial charge in [-0.3, -0.25) is 0 Å². The number of nitriles is 1. The lowest BCUT2D eigenvalue weighted by atomic mass is 10.1. The number of nitrogens with zero attached hydrogens (tertiary/aromatic N) is 2. The van der Waals surface area contributed by atoms with Crippen LogP contribution in [0.4, 0.5) is 5.69 Å². The van der Waals surface area contributed by atoms with E-state index >= 15 is 0 Å². The van der Waals surface area contributed by atoms with Gasteiger partial charge in [0, 0.05) is 25.9 Å². The predicted octanol–water partition coefficient (Wildman–Crippen LogP) is 2.56. The largest absolute Gasteiger partial charge is 0.378 e. The molecule has 1 unspecified atom stereocenters. The summed E-state index contributed by atoms with van der Waals surface area (Å²) in [4.78, 5) is 2.18. The van der Waals surface area contributed by atoms with Crippen molar-refractivity contribution in [2.24, 2.45) is 0 Å². The Hall–Kier alpha value is -1.53. The Labute approximate surface area is 103 Å². The molecule has 0 N–H and O–H groups in total. The van der Waals surface area contributed by atoms with Crippen molar-refractivity contribution in [1.82, 2.24) is 0 Å². The third-order valence-corrected chi connectivity index (χ3v) is 3.23. The first-order valence-electron chi connectivity index (χ1n) is 6.12. The summed E-state index contributed by atoms with van der Waals surface area (Å²) in [6.07, 6.45) is 3.87. The van der Waals surface area contributed by atoms with E-state index in [1.165, 1.54) is 12.8 Å². The highest BCUT2D eigenvalue weighted by Crippen LogP contribution is 2.18. The second kappa shape index (κ2) is 5.70. The van der Waals surface area contributed by atoms with E-state index < -0.39 is 0 Å². The number of rotatable bonds is 4. The maximum atomic E-state index is 8.86. The third-order valence-electron chi connectivity index (χ3n) is 3.23. The smallest absolute Gasteiger partial charge is 0.0992 e. The molecule has 1 aliphatic heterocycles. The molecular formula is C14H18N2O. The van der Waals surface area contributed by atoms with Gasteiger partial charge in [0.05, 0.1) is 17.7 Å². The molecule has 1 aromatic rings. The zero-order chi connectivity index (χ0) is 12.1. The summed E-state index contributed by atoms with van der Waals surface area (Å²) in [5.74, 6) is 0. The molecule has 1 aromatic carbocycles. The Kier molecular flexibility index (Phi) is 4.00. The van der Waals surface area contributed by atoms with Crippen LogP contribution in [0.15, 0.2) is 24.3 Å². The Morgan fingerprint density at radius 1 is 1.53 bits per heavy atom. The molecule has 0 aliphatic carbocycles. The van der Waals surface area contributed by atoms with Crippen LogP contribution in [-0.2, 0) is 4.74 Å². The highest BCUT2D eigenvalue weighted by molar-refractivity contribution is 5.50. The minimum atomic E-state index is 0.427. The summed E-state index contributed by atoms with van der Waals surface area (Å²) < 4.78 is 5.61. The minimum absolute atomic E-state index is 0.427. The SMILES string of the molecule is CN(CCC1CCCO1)c1cccc(C#N)c1. The second-order valence-electron chi connectivity index (χ2n) is 4.51. The van der Waals surface area contributed by atoms with Crippen LogP contribution < -0.4 is 4.90 Å². The quantitative estimate of drug-likeness (QED) is 0.797.